The van der Waals surface area contributed by atoms with Gasteiger partial charge in [-0.1, -0.05) is 49.9 Å². The van der Waals surface area contributed by atoms with Crippen LogP contribution in [0.2, 0.25) is 0 Å². The minimum absolute atomic E-state index is 0.0821. The normalized spacial score (nSPS) is 12.8. The maximum Gasteiger partial charge on any atom is 0.412 e. The number of aromatic nitrogens is 1. The number of carbonyl (C=O) groups excluding carboxylic acids is 1. The fraction of sp³-hybridized carbons (Fsp3) is 0.400. The van der Waals surface area contributed by atoms with Crippen molar-refractivity contribution in [3.63, 3.8) is 0 Å². The number of anilines is 1. The van der Waals surface area contributed by atoms with Gasteiger partial charge in [-0.05, 0) is 80.8 Å². The Balaban J connectivity index is 1.58. The van der Waals surface area contributed by atoms with Crippen LogP contribution in [0.3, 0.4) is 0 Å². The number of halogens is 1. The molecule has 0 saturated carbocycles. The van der Waals surface area contributed by atoms with Crippen LogP contribution in [0, 0.1) is 24.6 Å². The van der Waals surface area contributed by atoms with Crippen LogP contribution in [0.25, 0.3) is 10.8 Å². The summed E-state index contributed by atoms with van der Waals surface area (Å²) in [6.45, 7) is 9.34. The number of nitrogens with one attached hydrogen (secondary N) is 1. The summed E-state index contributed by atoms with van der Waals surface area (Å²) >= 11 is 0. The van der Waals surface area contributed by atoms with Gasteiger partial charge in [-0.2, -0.15) is 0 Å². The molecule has 0 saturated heterocycles. The minimum atomic E-state index is -0.544. The Morgan fingerprint density at radius 2 is 1.86 bits per heavy atom. The maximum atomic E-state index is 14.0. The number of amides is 1. The number of rotatable bonds is 13. The second kappa shape index (κ2) is 13.7. The predicted octanol–water partition coefficient (Wildman–Crippen LogP) is 6.60. The fourth-order valence-electron chi connectivity index (χ4n) is 4.33. The first-order valence-corrected chi connectivity index (χ1v) is 12.7. The number of carbonyl (C=O) groups is 1. The van der Waals surface area contributed by atoms with Crippen molar-refractivity contribution in [3.05, 3.63) is 84.0 Å². The van der Waals surface area contributed by atoms with Gasteiger partial charge in [0.25, 0.3) is 0 Å². The Morgan fingerprint density at radius 3 is 2.62 bits per heavy atom. The molecule has 3 aromatic rings. The summed E-state index contributed by atoms with van der Waals surface area (Å²) < 4.78 is 25.5. The zero-order chi connectivity index (χ0) is 26.8. The molecule has 3 rings (SSSR count). The molecule has 1 heterocycles. The summed E-state index contributed by atoms with van der Waals surface area (Å²) in [4.78, 5) is 18.9. The number of pyridine rings is 1. The van der Waals surface area contributed by atoms with Crippen LogP contribution in [0.4, 0.5) is 15.0 Å². The van der Waals surface area contributed by atoms with E-state index in [-0.39, 0.29) is 24.3 Å². The second-order valence-electron chi connectivity index (χ2n) is 10.00. The quantitative estimate of drug-likeness (QED) is 0.264. The molecule has 2 unspecified atom stereocenters. The number of likely N-dealkylation sites (N-methyl/N-ethyl adjacent to an activating group) is 1. The van der Waals surface area contributed by atoms with Gasteiger partial charge in [0, 0.05) is 11.6 Å². The Kier molecular flexibility index (Phi) is 10.4. The lowest BCUT2D eigenvalue weighted by molar-refractivity contribution is 0.110. The number of hydrogen-bond acceptors (Lipinski definition) is 5. The number of fused-ring (bicyclic) bond motifs is 1. The van der Waals surface area contributed by atoms with Crippen molar-refractivity contribution in [2.24, 2.45) is 11.8 Å². The Labute approximate surface area is 219 Å². The zero-order valence-electron chi connectivity index (χ0n) is 22.3. The largest absolute Gasteiger partial charge is 0.497 e. The van der Waals surface area contributed by atoms with Gasteiger partial charge in [0.2, 0.25) is 0 Å². The first-order chi connectivity index (χ1) is 17.7. The zero-order valence-corrected chi connectivity index (χ0v) is 22.3. The number of benzene rings is 2. The first-order valence-electron chi connectivity index (χ1n) is 12.7. The van der Waals surface area contributed by atoms with E-state index in [1.54, 1.807) is 19.2 Å². The molecule has 198 valence electrons. The van der Waals surface area contributed by atoms with Crippen LogP contribution in [-0.2, 0) is 15.9 Å². The van der Waals surface area contributed by atoms with Crippen LogP contribution in [0.5, 0.6) is 0 Å². The summed E-state index contributed by atoms with van der Waals surface area (Å²) in [5.41, 5.74) is 1.64. The van der Waals surface area contributed by atoms with Crippen molar-refractivity contribution in [1.29, 1.82) is 0 Å². The number of nitrogens with zero attached hydrogens (tertiary/aromatic N) is 2. The summed E-state index contributed by atoms with van der Waals surface area (Å²) in [6.07, 6.45) is 3.44. The third-order valence-corrected chi connectivity index (χ3v) is 6.31. The van der Waals surface area contributed by atoms with Crippen molar-refractivity contribution in [2.75, 3.05) is 39.2 Å². The van der Waals surface area contributed by atoms with Crippen LogP contribution in [-0.4, -0.2) is 49.8 Å². The fourth-order valence-corrected chi connectivity index (χ4v) is 4.33. The minimum Gasteiger partial charge on any atom is -0.497 e. The van der Waals surface area contributed by atoms with E-state index >= 15 is 0 Å². The molecule has 1 aromatic heterocycles. The SMILES string of the molecule is C=C(CN(C)C)OCC(C)CC(CCc1cccc(F)c1C)COC(=O)Nc1cc2ccccc2cn1. The van der Waals surface area contributed by atoms with Crippen LogP contribution in [0.15, 0.2) is 67.1 Å². The predicted molar refractivity (Wildman–Crippen MR) is 147 cm³/mol. The molecule has 2 atom stereocenters. The Morgan fingerprint density at radius 1 is 1.11 bits per heavy atom. The van der Waals surface area contributed by atoms with E-state index < -0.39 is 6.09 Å². The van der Waals surface area contributed by atoms with E-state index in [9.17, 15) is 9.18 Å². The molecule has 7 heteroatoms. The number of aryl methyl sites for hydroxylation is 1. The van der Waals surface area contributed by atoms with Gasteiger partial charge < -0.3 is 14.4 Å². The third kappa shape index (κ3) is 9.17. The highest BCUT2D eigenvalue weighted by Crippen LogP contribution is 2.23. The van der Waals surface area contributed by atoms with Crippen LogP contribution >= 0.6 is 0 Å². The van der Waals surface area contributed by atoms with Crippen molar-refractivity contribution >= 4 is 22.7 Å². The van der Waals surface area contributed by atoms with E-state index in [0.29, 0.717) is 31.0 Å². The summed E-state index contributed by atoms with van der Waals surface area (Å²) in [5.74, 6) is 1.28. The van der Waals surface area contributed by atoms with Crippen molar-refractivity contribution in [1.82, 2.24) is 9.88 Å². The van der Waals surface area contributed by atoms with Gasteiger partial charge >= 0.3 is 6.09 Å². The van der Waals surface area contributed by atoms with E-state index in [0.717, 1.165) is 34.9 Å². The lowest BCUT2D eigenvalue weighted by atomic mass is 9.90. The van der Waals surface area contributed by atoms with Crippen molar-refractivity contribution in [3.8, 4) is 0 Å². The molecule has 0 aliphatic rings. The van der Waals surface area contributed by atoms with E-state index in [1.807, 2.05) is 55.4 Å². The van der Waals surface area contributed by atoms with Crippen LogP contribution < -0.4 is 5.32 Å². The molecule has 2 aromatic carbocycles. The standard InChI is InChI=1S/C30H38FN3O3/c1-21(19-36-22(2)18-34(4)5)15-24(13-14-25-11-8-12-28(31)23(25)3)20-37-30(35)33-29-16-26-9-6-7-10-27(26)17-32-29/h6-12,16-17,21,24H,2,13-15,18-20H2,1,3-5H3,(H,32,33,35). The molecule has 0 bridgehead atoms. The summed E-state index contributed by atoms with van der Waals surface area (Å²) in [6, 6.07) is 14.8. The van der Waals surface area contributed by atoms with Gasteiger partial charge in [-0.15, -0.1) is 0 Å². The summed E-state index contributed by atoms with van der Waals surface area (Å²) in [5, 5.41) is 4.71. The van der Waals surface area contributed by atoms with Crippen molar-refractivity contribution < 1.29 is 18.7 Å². The lowest BCUT2D eigenvalue weighted by Crippen LogP contribution is -2.23. The second-order valence-corrected chi connectivity index (χ2v) is 10.00. The maximum absolute atomic E-state index is 14.0. The third-order valence-electron chi connectivity index (χ3n) is 6.31. The summed E-state index contributed by atoms with van der Waals surface area (Å²) in [7, 11) is 3.94. The van der Waals surface area contributed by atoms with Gasteiger partial charge in [0.1, 0.15) is 17.4 Å². The molecular formula is C30H38FN3O3. The lowest BCUT2D eigenvalue weighted by Gasteiger charge is -2.23. The average molecular weight is 508 g/mol. The highest BCUT2D eigenvalue weighted by molar-refractivity contribution is 5.89. The molecule has 1 N–H and O–H groups in total. The molecule has 6 nitrogen and oxygen atoms in total. The molecule has 0 fully saturated rings. The van der Waals surface area contributed by atoms with Gasteiger partial charge in [-0.25, -0.2) is 14.2 Å². The number of hydrogen-bond donors (Lipinski definition) is 1. The molecule has 0 spiro atoms. The van der Waals surface area contributed by atoms with Crippen LogP contribution in [0.1, 0.15) is 30.9 Å². The van der Waals surface area contributed by atoms with E-state index in [4.69, 9.17) is 9.47 Å². The Hall–Kier alpha value is -3.45. The average Bonchev–Trinajstić information content (AvgIpc) is 2.86. The molecular weight excluding hydrogens is 469 g/mol. The van der Waals surface area contributed by atoms with E-state index in [2.05, 4.69) is 23.8 Å². The number of ether oxygens (including phenoxy) is 2. The molecule has 37 heavy (non-hydrogen) atoms. The topological polar surface area (TPSA) is 63.7 Å². The highest BCUT2D eigenvalue weighted by Gasteiger charge is 2.18. The molecule has 0 radical (unpaired) electrons. The van der Waals surface area contributed by atoms with E-state index in [1.165, 1.54) is 6.07 Å². The van der Waals surface area contributed by atoms with Crippen molar-refractivity contribution in [2.45, 2.75) is 33.1 Å². The van der Waals surface area contributed by atoms with Gasteiger partial charge in [0.05, 0.1) is 19.8 Å². The monoisotopic (exact) mass is 507 g/mol. The molecule has 0 aliphatic carbocycles. The first kappa shape index (κ1) is 28.1. The smallest absolute Gasteiger partial charge is 0.412 e. The van der Waals surface area contributed by atoms with Gasteiger partial charge in [0.15, 0.2) is 0 Å². The molecule has 1 amide bonds. The Bertz CT molecular complexity index is 1200. The highest BCUT2D eigenvalue weighted by atomic mass is 19.1. The molecule has 0 aliphatic heterocycles. The van der Waals surface area contributed by atoms with Gasteiger partial charge in [-0.3, -0.25) is 5.32 Å².